The fourth-order valence-electron chi connectivity index (χ4n) is 2.65. The van der Waals surface area contributed by atoms with E-state index in [-0.39, 0.29) is 4.91 Å². The van der Waals surface area contributed by atoms with E-state index < -0.39 is 11.9 Å². The Kier molecular flexibility index (Phi) is 23.1. The minimum atomic E-state index is -1.07. The molecule has 154 valence electrons. The lowest BCUT2D eigenvalue weighted by atomic mass is 10.0. The molecule has 0 atom stereocenters. The van der Waals surface area contributed by atoms with Gasteiger partial charge in [-0.1, -0.05) is 103 Å². The quantitative estimate of drug-likeness (QED) is 0.145. The molecule has 0 saturated carbocycles. The van der Waals surface area contributed by atoms with Gasteiger partial charge in [-0.3, -0.25) is 4.79 Å². The van der Waals surface area contributed by atoms with Crippen LogP contribution in [0.25, 0.3) is 0 Å². The summed E-state index contributed by atoms with van der Waals surface area (Å²) < 4.78 is 0. The van der Waals surface area contributed by atoms with E-state index in [0.717, 1.165) is 12.8 Å². The molecule has 4 nitrogen and oxygen atoms in total. The van der Waals surface area contributed by atoms with Crippen LogP contribution >= 0.6 is 12.6 Å². The summed E-state index contributed by atoms with van der Waals surface area (Å²) in [6.45, 7) is 5.29. The van der Waals surface area contributed by atoms with Crippen molar-refractivity contribution in [2.75, 3.05) is 0 Å². The maximum atomic E-state index is 10.3. The summed E-state index contributed by atoms with van der Waals surface area (Å²) in [6, 6.07) is 0. The van der Waals surface area contributed by atoms with E-state index in [4.69, 9.17) is 10.2 Å². The fraction of sp³-hybridized carbons (Fsp3) is 0.810. The largest absolute Gasteiger partial charge is 0.481 e. The van der Waals surface area contributed by atoms with E-state index >= 15 is 0 Å². The number of thiol groups is 1. The van der Waals surface area contributed by atoms with Gasteiger partial charge in [-0.25, -0.2) is 4.79 Å². The Morgan fingerprint density at radius 3 is 1.19 bits per heavy atom. The predicted molar refractivity (Wildman–Crippen MR) is 113 cm³/mol. The molecule has 5 heteroatoms. The third-order valence-corrected chi connectivity index (χ3v) is 4.43. The first kappa shape index (κ1) is 27.3. The number of hydrogen-bond acceptors (Lipinski definition) is 3. The molecule has 0 unspecified atom stereocenters. The molecule has 0 aliphatic rings. The summed E-state index contributed by atoms with van der Waals surface area (Å²) in [4.78, 5) is 19.7. The Hall–Kier alpha value is -0.970. The van der Waals surface area contributed by atoms with Gasteiger partial charge in [0.2, 0.25) is 0 Å². The average Bonchev–Trinajstić information content (AvgIpc) is 2.58. The van der Waals surface area contributed by atoms with Crippen LogP contribution in [0.3, 0.4) is 0 Å². The molecule has 0 aromatic carbocycles. The van der Waals surface area contributed by atoms with E-state index in [1.54, 1.807) is 0 Å². The minimum Gasteiger partial charge on any atom is -0.481 e. The highest BCUT2D eigenvalue weighted by atomic mass is 32.1. The molecule has 0 fully saturated rings. The van der Waals surface area contributed by atoms with Gasteiger partial charge in [0.25, 0.3) is 0 Å². The zero-order valence-electron chi connectivity index (χ0n) is 16.7. The summed E-state index contributed by atoms with van der Waals surface area (Å²) in [5.74, 6) is -1.72. The van der Waals surface area contributed by atoms with Gasteiger partial charge in [-0.05, 0) is 6.42 Å². The molecular weight excluding hydrogens is 348 g/mol. The smallest absolute Gasteiger partial charge is 0.341 e. The highest BCUT2D eigenvalue weighted by molar-refractivity contribution is 7.85. The van der Waals surface area contributed by atoms with Gasteiger partial charge in [0.15, 0.2) is 0 Å². The summed E-state index contributed by atoms with van der Waals surface area (Å²) in [6.07, 6.45) is 20.2. The Bertz CT molecular complexity index is 344. The highest BCUT2D eigenvalue weighted by Gasteiger charge is 1.97. The Morgan fingerprint density at radius 1 is 0.692 bits per heavy atom. The molecule has 26 heavy (non-hydrogen) atoms. The molecule has 0 aliphatic carbocycles. The van der Waals surface area contributed by atoms with Crippen molar-refractivity contribution in [2.45, 2.75) is 110 Å². The topological polar surface area (TPSA) is 74.6 Å². The van der Waals surface area contributed by atoms with Crippen molar-refractivity contribution in [1.29, 1.82) is 0 Å². The molecular formula is C21H40O4S. The zero-order chi connectivity index (χ0) is 20.0. The van der Waals surface area contributed by atoms with Gasteiger partial charge in [0.05, 0.1) is 4.91 Å². The van der Waals surface area contributed by atoms with Gasteiger partial charge in [0.1, 0.15) is 0 Å². The van der Waals surface area contributed by atoms with Crippen LogP contribution in [0.15, 0.2) is 11.5 Å². The minimum absolute atomic E-state index is 0.130. The number of hydrogen-bond donors (Lipinski definition) is 3. The lowest BCUT2D eigenvalue weighted by Crippen LogP contribution is -1.93. The zero-order valence-corrected chi connectivity index (χ0v) is 17.6. The van der Waals surface area contributed by atoms with Crippen molar-refractivity contribution in [3.05, 3.63) is 11.5 Å². The molecule has 0 amide bonds. The van der Waals surface area contributed by atoms with E-state index in [0.29, 0.717) is 6.42 Å². The first-order chi connectivity index (χ1) is 12.4. The van der Waals surface area contributed by atoms with Crippen LogP contribution in [0.5, 0.6) is 0 Å². The number of unbranched alkanes of at least 4 members (excludes halogenated alkanes) is 14. The molecule has 0 heterocycles. The Morgan fingerprint density at radius 2 is 0.962 bits per heavy atom. The van der Waals surface area contributed by atoms with Gasteiger partial charge in [0, 0.05) is 6.42 Å². The standard InChI is InChI=1S/C18H36O2.C3H4O2S/c1-2-3-4-5-6-7-8-9-10-11-12-13-14-15-16-17-18(19)20;1-2(6)3(4)5/h2-17H2,1H3,(H,19,20);6H,1H2,(H,4,5). The lowest BCUT2D eigenvalue weighted by Gasteiger charge is -2.03. The van der Waals surface area contributed by atoms with Crippen molar-refractivity contribution in [1.82, 2.24) is 0 Å². The molecule has 0 spiro atoms. The molecule has 0 aliphatic heterocycles. The van der Waals surface area contributed by atoms with E-state index in [1.165, 1.54) is 83.5 Å². The Balaban J connectivity index is 0. The van der Waals surface area contributed by atoms with Crippen molar-refractivity contribution in [3.8, 4) is 0 Å². The van der Waals surface area contributed by atoms with Gasteiger partial charge in [-0.15, -0.1) is 12.6 Å². The fourth-order valence-corrected chi connectivity index (χ4v) is 2.65. The normalized spacial score (nSPS) is 10.1. The summed E-state index contributed by atoms with van der Waals surface area (Å²) in [5, 5.41) is 16.3. The lowest BCUT2D eigenvalue weighted by molar-refractivity contribution is -0.137. The highest BCUT2D eigenvalue weighted by Crippen LogP contribution is 2.13. The Labute approximate surface area is 165 Å². The van der Waals surface area contributed by atoms with Crippen LogP contribution in [0.2, 0.25) is 0 Å². The number of aliphatic carboxylic acids is 2. The van der Waals surface area contributed by atoms with Crippen LogP contribution < -0.4 is 0 Å². The summed E-state index contributed by atoms with van der Waals surface area (Å²) in [7, 11) is 0. The number of rotatable bonds is 17. The molecule has 0 rings (SSSR count). The monoisotopic (exact) mass is 388 g/mol. The molecule has 0 aromatic heterocycles. The summed E-state index contributed by atoms with van der Waals surface area (Å²) in [5.41, 5.74) is 0. The third kappa shape index (κ3) is 27.9. The van der Waals surface area contributed by atoms with Crippen LogP contribution in [-0.2, 0) is 9.59 Å². The molecule has 0 bridgehead atoms. The molecule has 2 N–H and O–H groups in total. The second-order valence-corrected chi connectivity index (χ2v) is 7.39. The maximum absolute atomic E-state index is 10.3. The number of carboxylic acid groups (broad SMARTS) is 2. The van der Waals surface area contributed by atoms with Crippen LogP contribution in [0, 0.1) is 0 Å². The average molecular weight is 389 g/mol. The third-order valence-electron chi connectivity index (χ3n) is 4.24. The number of carboxylic acids is 2. The van der Waals surface area contributed by atoms with E-state index in [9.17, 15) is 9.59 Å². The first-order valence-corrected chi connectivity index (χ1v) is 10.7. The van der Waals surface area contributed by atoms with E-state index in [1.807, 2.05) is 0 Å². The van der Waals surface area contributed by atoms with Crippen molar-refractivity contribution < 1.29 is 19.8 Å². The van der Waals surface area contributed by atoms with Crippen LogP contribution in [0.4, 0.5) is 0 Å². The van der Waals surface area contributed by atoms with Crippen LogP contribution in [0.1, 0.15) is 110 Å². The SMILES string of the molecule is C=C(S)C(=O)O.CCCCCCCCCCCCCCCCCC(=O)O. The predicted octanol–water partition coefficient (Wildman–Crippen LogP) is 6.85. The molecule has 0 aromatic rings. The van der Waals surface area contributed by atoms with Gasteiger partial charge in [-0.2, -0.15) is 0 Å². The molecule has 0 radical (unpaired) electrons. The second-order valence-electron chi connectivity index (χ2n) is 6.85. The van der Waals surface area contributed by atoms with Gasteiger partial charge >= 0.3 is 11.9 Å². The molecule has 0 saturated heterocycles. The van der Waals surface area contributed by atoms with Crippen molar-refractivity contribution >= 4 is 24.6 Å². The van der Waals surface area contributed by atoms with Crippen molar-refractivity contribution in [2.24, 2.45) is 0 Å². The first-order valence-electron chi connectivity index (χ1n) is 10.2. The summed E-state index contributed by atoms with van der Waals surface area (Å²) >= 11 is 3.40. The van der Waals surface area contributed by atoms with Crippen LogP contribution in [-0.4, -0.2) is 22.2 Å². The van der Waals surface area contributed by atoms with Gasteiger partial charge < -0.3 is 10.2 Å². The second kappa shape index (κ2) is 22.1. The van der Waals surface area contributed by atoms with Crippen molar-refractivity contribution in [3.63, 3.8) is 0 Å². The number of carbonyl (C=O) groups is 2. The van der Waals surface area contributed by atoms with E-state index in [2.05, 4.69) is 26.1 Å². The maximum Gasteiger partial charge on any atom is 0.341 e.